The fourth-order valence-corrected chi connectivity index (χ4v) is 3.38. The van der Waals surface area contributed by atoms with Crippen molar-refractivity contribution in [1.29, 1.82) is 0 Å². The molecule has 0 spiro atoms. The van der Waals surface area contributed by atoms with Crippen molar-refractivity contribution in [2.75, 3.05) is 39.4 Å². The minimum atomic E-state index is 0.225. The molecule has 3 atom stereocenters. The van der Waals surface area contributed by atoms with Crippen LogP contribution < -0.4 is 5.32 Å². The Hall–Kier alpha value is -0.610. The highest BCUT2D eigenvalue weighted by molar-refractivity contribution is 5.79. The van der Waals surface area contributed by atoms with Crippen molar-refractivity contribution in [3.05, 3.63) is 0 Å². The molecule has 4 heteroatoms. The third-order valence-electron chi connectivity index (χ3n) is 4.51. The standard InChI is InChI=1S/C13H22N2O2/c16-13(10-2-1-4-14-6-10)15-5-3-11-8-17-9-12(11)7-15/h10-12,14H,1-9H2/t10-,11+,12-/m1/s1. The zero-order valence-corrected chi connectivity index (χ0v) is 10.4. The van der Waals surface area contributed by atoms with Crippen molar-refractivity contribution in [2.24, 2.45) is 17.8 Å². The van der Waals surface area contributed by atoms with E-state index >= 15 is 0 Å². The van der Waals surface area contributed by atoms with Crippen molar-refractivity contribution in [2.45, 2.75) is 19.3 Å². The lowest BCUT2D eigenvalue weighted by Gasteiger charge is -2.36. The van der Waals surface area contributed by atoms with E-state index in [4.69, 9.17) is 4.74 Å². The van der Waals surface area contributed by atoms with Gasteiger partial charge >= 0.3 is 0 Å². The van der Waals surface area contributed by atoms with Gasteiger partial charge in [-0.15, -0.1) is 0 Å². The molecule has 3 aliphatic rings. The molecule has 0 aliphatic carbocycles. The van der Waals surface area contributed by atoms with Gasteiger partial charge in [0.05, 0.1) is 12.5 Å². The summed E-state index contributed by atoms with van der Waals surface area (Å²) in [5.74, 6) is 1.91. The highest BCUT2D eigenvalue weighted by atomic mass is 16.5. The Kier molecular flexibility index (Phi) is 3.34. The monoisotopic (exact) mass is 238 g/mol. The average molecular weight is 238 g/mol. The third kappa shape index (κ3) is 2.33. The van der Waals surface area contributed by atoms with Gasteiger partial charge in [0.15, 0.2) is 0 Å². The number of carbonyl (C=O) groups is 1. The number of hydrogen-bond acceptors (Lipinski definition) is 3. The maximum absolute atomic E-state index is 12.4. The second kappa shape index (κ2) is 4.94. The first-order valence-electron chi connectivity index (χ1n) is 6.92. The van der Waals surface area contributed by atoms with Crippen molar-refractivity contribution in [1.82, 2.24) is 10.2 Å². The molecule has 0 aromatic carbocycles. The maximum Gasteiger partial charge on any atom is 0.226 e. The molecular formula is C13H22N2O2. The van der Waals surface area contributed by atoms with Gasteiger partial charge in [0.2, 0.25) is 5.91 Å². The largest absolute Gasteiger partial charge is 0.381 e. The van der Waals surface area contributed by atoms with E-state index < -0.39 is 0 Å². The summed E-state index contributed by atoms with van der Waals surface area (Å²) in [5, 5.41) is 3.33. The van der Waals surface area contributed by atoms with Crippen LogP contribution in [0.25, 0.3) is 0 Å². The van der Waals surface area contributed by atoms with Crippen LogP contribution in [0.4, 0.5) is 0 Å². The number of fused-ring (bicyclic) bond motifs is 1. The molecule has 17 heavy (non-hydrogen) atoms. The fourth-order valence-electron chi connectivity index (χ4n) is 3.38. The summed E-state index contributed by atoms with van der Waals surface area (Å²) in [4.78, 5) is 14.5. The van der Waals surface area contributed by atoms with Gasteiger partial charge in [-0.3, -0.25) is 4.79 Å². The fraction of sp³-hybridized carbons (Fsp3) is 0.923. The van der Waals surface area contributed by atoms with E-state index in [1.807, 2.05) is 0 Å². The van der Waals surface area contributed by atoms with Crippen molar-refractivity contribution in [3.8, 4) is 0 Å². The molecule has 4 nitrogen and oxygen atoms in total. The number of likely N-dealkylation sites (tertiary alicyclic amines) is 1. The molecule has 0 aromatic rings. The predicted octanol–water partition coefficient (Wildman–Crippen LogP) is 0.481. The van der Waals surface area contributed by atoms with Crippen LogP contribution in [-0.2, 0) is 9.53 Å². The quantitative estimate of drug-likeness (QED) is 0.722. The molecule has 0 bridgehead atoms. The SMILES string of the molecule is O=C([C@@H]1CCCNC1)N1CC[C@H]2COC[C@H]2C1. The number of nitrogens with one attached hydrogen (secondary N) is 1. The van der Waals surface area contributed by atoms with E-state index in [1.54, 1.807) is 0 Å². The van der Waals surface area contributed by atoms with Crippen LogP contribution in [0, 0.1) is 17.8 Å². The lowest BCUT2D eigenvalue weighted by molar-refractivity contribution is -0.138. The highest BCUT2D eigenvalue weighted by Crippen LogP contribution is 2.30. The summed E-state index contributed by atoms with van der Waals surface area (Å²) in [5.41, 5.74) is 0. The maximum atomic E-state index is 12.4. The molecule has 3 saturated heterocycles. The molecule has 96 valence electrons. The summed E-state index contributed by atoms with van der Waals surface area (Å²) in [7, 11) is 0. The Morgan fingerprint density at radius 1 is 1.24 bits per heavy atom. The van der Waals surface area contributed by atoms with E-state index in [1.165, 1.54) is 0 Å². The topological polar surface area (TPSA) is 41.6 Å². The number of piperidine rings is 2. The second-order valence-corrected chi connectivity index (χ2v) is 5.67. The van der Waals surface area contributed by atoms with Gasteiger partial charge < -0.3 is 15.0 Å². The molecule has 0 saturated carbocycles. The Balaban J connectivity index is 1.58. The van der Waals surface area contributed by atoms with Gasteiger partial charge in [0, 0.05) is 32.2 Å². The Labute approximate surface area is 103 Å². The van der Waals surface area contributed by atoms with Gasteiger partial charge in [-0.25, -0.2) is 0 Å². The summed E-state index contributed by atoms with van der Waals surface area (Å²) in [6.07, 6.45) is 3.34. The van der Waals surface area contributed by atoms with E-state index in [9.17, 15) is 4.79 Å². The number of nitrogens with zero attached hydrogens (tertiary/aromatic N) is 1. The zero-order chi connectivity index (χ0) is 11.7. The first kappa shape index (κ1) is 11.5. The summed E-state index contributed by atoms with van der Waals surface area (Å²) < 4.78 is 5.51. The molecular weight excluding hydrogens is 216 g/mol. The molecule has 3 rings (SSSR count). The molecule has 0 unspecified atom stereocenters. The highest BCUT2D eigenvalue weighted by Gasteiger charge is 2.37. The van der Waals surface area contributed by atoms with Gasteiger partial charge in [-0.2, -0.15) is 0 Å². The lowest BCUT2D eigenvalue weighted by Crippen LogP contribution is -2.48. The minimum Gasteiger partial charge on any atom is -0.381 e. The summed E-state index contributed by atoms with van der Waals surface area (Å²) in [6, 6.07) is 0. The molecule has 3 fully saturated rings. The number of hydrogen-bond donors (Lipinski definition) is 1. The Bertz CT molecular complexity index is 289. The molecule has 1 amide bonds. The van der Waals surface area contributed by atoms with Crippen LogP contribution >= 0.6 is 0 Å². The van der Waals surface area contributed by atoms with Gasteiger partial charge in [0.25, 0.3) is 0 Å². The molecule has 0 radical (unpaired) electrons. The predicted molar refractivity (Wildman–Crippen MR) is 64.6 cm³/mol. The van der Waals surface area contributed by atoms with Gasteiger partial charge in [0.1, 0.15) is 0 Å². The second-order valence-electron chi connectivity index (χ2n) is 5.67. The third-order valence-corrected chi connectivity index (χ3v) is 4.51. The first-order chi connectivity index (χ1) is 8.34. The van der Waals surface area contributed by atoms with E-state index in [2.05, 4.69) is 10.2 Å². The van der Waals surface area contributed by atoms with Gasteiger partial charge in [-0.1, -0.05) is 0 Å². The van der Waals surface area contributed by atoms with Crippen LogP contribution in [0.2, 0.25) is 0 Å². The van der Waals surface area contributed by atoms with Crippen molar-refractivity contribution in [3.63, 3.8) is 0 Å². The summed E-state index contributed by atoms with van der Waals surface area (Å²) >= 11 is 0. The first-order valence-corrected chi connectivity index (χ1v) is 6.92. The molecule has 0 aromatic heterocycles. The van der Waals surface area contributed by atoms with Crippen molar-refractivity contribution >= 4 is 5.91 Å². The van der Waals surface area contributed by atoms with Crippen LogP contribution in [0.15, 0.2) is 0 Å². The summed E-state index contributed by atoms with van der Waals surface area (Å²) in [6.45, 7) is 5.59. The number of ether oxygens (including phenoxy) is 1. The van der Waals surface area contributed by atoms with Crippen LogP contribution in [0.3, 0.4) is 0 Å². The minimum absolute atomic E-state index is 0.225. The molecule has 3 aliphatic heterocycles. The lowest BCUT2D eigenvalue weighted by atomic mass is 9.87. The number of rotatable bonds is 1. The number of carbonyl (C=O) groups excluding carboxylic acids is 1. The normalized spacial score (nSPS) is 37.9. The van der Waals surface area contributed by atoms with Crippen LogP contribution in [0.5, 0.6) is 0 Å². The average Bonchev–Trinajstić information content (AvgIpc) is 2.86. The zero-order valence-electron chi connectivity index (χ0n) is 10.4. The van der Waals surface area contributed by atoms with Gasteiger partial charge in [-0.05, 0) is 31.7 Å². The van der Waals surface area contributed by atoms with Crippen LogP contribution in [0.1, 0.15) is 19.3 Å². The van der Waals surface area contributed by atoms with E-state index in [-0.39, 0.29) is 5.92 Å². The Morgan fingerprint density at radius 2 is 2.12 bits per heavy atom. The Morgan fingerprint density at radius 3 is 2.94 bits per heavy atom. The smallest absolute Gasteiger partial charge is 0.226 e. The van der Waals surface area contributed by atoms with Crippen LogP contribution in [-0.4, -0.2) is 50.2 Å². The number of amides is 1. The van der Waals surface area contributed by atoms with E-state index in [0.717, 1.165) is 58.7 Å². The molecule has 1 N–H and O–H groups in total. The van der Waals surface area contributed by atoms with E-state index in [0.29, 0.717) is 17.7 Å². The molecule has 3 heterocycles. The van der Waals surface area contributed by atoms with Crippen molar-refractivity contribution < 1.29 is 9.53 Å².